The molecule has 7 heteroatoms. The number of nitrogens with zero attached hydrogens (tertiary/aromatic N) is 3. The fourth-order valence-corrected chi connectivity index (χ4v) is 3.81. The van der Waals surface area contributed by atoms with E-state index in [0.29, 0.717) is 6.04 Å². The van der Waals surface area contributed by atoms with E-state index in [2.05, 4.69) is 24.8 Å². The average Bonchev–Trinajstić information content (AvgIpc) is 3.10. The quantitative estimate of drug-likeness (QED) is 0.677. The highest BCUT2D eigenvalue weighted by molar-refractivity contribution is 6.01. The fraction of sp³-hybridized carbons (Fsp3) is 0.438. The Bertz CT molecular complexity index is 873. The number of nitrogens with one attached hydrogen (secondary N) is 2. The number of aryl methyl sites for hydroxylation is 1. The van der Waals surface area contributed by atoms with Gasteiger partial charge in [-0.15, -0.1) is 0 Å². The normalized spacial score (nSPS) is 21.8. The second-order valence-electron chi connectivity index (χ2n) is 6.22. The van der Waals surface area contributed by atoms with Gasteiger partial charge in [0.2, 0.25) is 0 Å². The number of aromatic amines is 1. The minimum absolute atomic E-state index is 0.0628. The largest absolute Gasteiger partial charge is 0.465 e. The molecular weight excluding hydrogens is 294 g/mol. The lowest BCUT2D eigenvalue weighted by molar-refractivity contribution is 0.182. The highest BCUT2D eigenvalue weighted by Gasteiger charge is 2.26. The molecule has 120 valence electrons. The van der Waals surface area contributed by atoms with E-state index in [1.165, 1.54) is 0 Å². The molecule has 3 N–H and O–H groups in total. The summed E-state index contributed by atoms with van der Waals surface area (Å²) in [5.74, 6) is 0.991. The summed E-state index contributed by atoms with van der Waals surface area (Å²) in [6.45, 7) is 2.03. The number of amides is 1. The van der Waals surface area contributed by atoms with E-state index < -0.39 is 6.09 Å². The third-order valence-electron chi connectivity index (χ3n) is 4.80. The number of carbonyl (C=O) groups is 1. The molecule has 0 radical (unpaired) electrons. The van der Waals surface area contributed by atoms with Crippen molar-refractivity contribution in [2.24, 2.45) is 0 Å². The Morgan fingerprint density at radius 2 is 2.17 bits per heavy atom. The summed E-state index contributed by atoms with van der Waals surface area (Å²) in [5.41, 5.74) is 2.92. The van der Waals surface area contributed by atoms with Crippen molar-refractivity contribution in [3.05, 3.63) is 24.3 Å². The van der Waals surface area contributed by atoms with Crippen molar-refractivity contribution in [2.75, 3.05) is 0 Å². The lowest BCUT2D eigenvalue weighted by Gasteiger charge is -2.30. The van der Waals surface area contributed by atoms with Crippen LogP contribution in [0.2, 0.25) is 0 Å². The van der Waals surface area contributed by atoms with Gasteiger partial charge in [-0.3, -0.25) is 0 Å². The second kappa shape index (κ2) is 5.26. The summed E-state index contributed by atoms with van der Waals surface area (Å²) in [6.07, 6.45) is 6.40. The molecule has 1 aliphatic rings. The van der Waals surface area contributed by atoms with Crippen LogP contribution in [0.15, 0.2) is 18.5 Å². The summed E-state index contributed by atoms with van der Waals surface area (Å²) in [7, 11) is 0. The highest BCUT2D eigenvalue weighted by Crippen LogP contribution is 2.34. The molecule has 0 bridgehead atoms. The van der Waals surface area contributed by atoms with E-state index in [1.54, 1.807) is 0 Å². The molecule has 0 aromatic carbocycles. The Morgan fingerprint density at radius 3 is 2.91 bits per heavy atom. The zero-order chi connectivity index (χ0) is 16.0. The average molecular weight is 313 g/mol. The number of hydrogen-bond donors (Lipinski definition) is 3. The predicted octanol–water partition coefficient (Wildman–Crippen LogP) is 2.97. The molecule has 0 aliphatic heterocycles. The number of carboxylic acid groups (broad SMARTS) is 1. The van der Waals surface area contributed by atoms with Crippen LogP contribution in [0, 0.1) is 6.92 Å². The van der Waals surface area contributed by atoms with Gasteiger partial charge in [-0.25, -0.2) is 14.8 Å². The maximum atomic E-state index is 10.8. The molecule has 1 amide bonds. The number of fused-ring (bicyclic) bond motifs is 3. The number of imidazole rings is 1. The van der Waals surface area contributed by atoms with E-state index in [0.717, 1.165) is 53.6 Å². The Kier molecular flexibility index (Phi) is 3.21. The molecule has 7 nitrogen and oxygen atoms in total. The third kappa shape index (κ3) is 2.32. The van der Waals surface area contributed by atoms with E-state index in [1.807, 2.05) is 25.4 Å². The van der Waals surface area contributed by atoms with Gasteiger partial charge in [0, 0.05) is 23.7 Å². The van der Waals surface area contributed by atoms with Gasteiger partial charge in [0.15, 0.2) is 0 Å². The lowest BCUT2D eigenvalue weighted by atomic mass is 9.91. The van der Waals surface area contributed by atoms with Crippen LogP contribution in [0.5, 0.6) is 0 Å². The molecule has 3 heterocycles. The van der Waals surface area contributed by atoms with Crippen LogP contribution < -0.4 is 5.32 Å². The maximum Gasteiger partial charge on any atom is 0.404 e. The van der Waals surface area contributed by atoms with Gasteiger partial charge in [-0.1, -0.05) is 0 Å². The maximum absolute atomic E-state index is 10.8. The molecule has 1 aliphatic carbocycles. The van der Waals surface area contributed by atoms with Crippen molar-refractivity contribution >= 4 is 28.2 Å². The molecule has 23 heavy (non-hydrogen) atoms. The van der Waals surface area contributed by atoms with Crippen molar-refractivity contribution in [1.29, 1.82) is 0 Å². The zero-order valence-electron chi connectivity index (χ0n) is 12.9. The first-order valence-electron chi connectivity index (χ1n) is 7.93. The number of aromatic nitrogens is 4. The van der Waals surface area contributed by atoms with Gasteiger partial charge in [0.05, 0.1) is 11.7 Å². The van der Waals surface area contributed by atoms with Crippen LogP contribution >= 0.6 is 0 Å². The number of hydrogen-bond acceptors (Lipinski definition) is 3. The molecule has 3 aromatic heterocycles. The zero-order valence-corrected chi connectivity index (χ0v) is 12.9. The monoisotopic (exact) mass is 313 g/mol. The van der Waals surface area contributed by atoms with Crippen LogP contribution in [0.1, 0.15) is 37.5 Å². The summed E-state index contributed by atoms with van der Waals surface area (Å²) in [5, 5.41) is 12.6. The van der Waals surface area contributed by atoms with Crippen LogP contribution in [0.3, 0.4) is 0 Å². The van der Waals surface area contributed by atoms with E-state index in [4.69, 9.17) is 5.11 Å². The van der Waals surface area contributed by atoms with Crippen LogP contribution in [-0.4, -0.2) is 36.8 Å². The lowest BCUT2D eigenvalue weighted by Crippen LogP contribution is -2.37. The van der Waals surface area contributed by atoms with Crippen molar-refractivity contribution in [3.8, 4) is 0 Å². The number of pyridine rings is 1. The van der Waals surface area contributed by atoms with Gasteiger partial charge >= 0.3 is 6.09 Å². The van der Waals surface area contributed by atoms with Crippen molar-refractivity contribution in [1.82, 2.24) is 24.8 Å². The highest BCUT2D eigenvalue weighted by atomic mass is 16.4. The topological polar surface area (TPSA) is 95.8 Å². The third-order valence-corrected chi connectivity index (χ3v) is 4.80. The molecule has 0 saturated heterocycles. The summed E-state index contributed by atoms with van der Waals surface area (Å²) in [6, 6.07) is 2.46. The molecular formula is C16H19N5O2. The molecule has 0 atom stereocenters. The molecule has 1 fully saturated rings. The first-order chi connectivity index (χ1) is 11.1. The minimum atomic E-state index is -0.933. The SMILES string of the molecule is Cc1nc2cnc3[nH]ccc3c2n1C1CCC(NC(=O)O)CC1. The molecule has 3 aromatic rings. The van der Waals surface area contributed by atoms with Crippen LogP contribution in [0.25, 0.3) is 22.1 Å². The van der Waals surface area contributed by atoms with Crippen molar-refractivity contribution in [2.45, 2.75) is 44.7 Å². The second-order valence-corrected chi connectivity index (χ2v) is 6.22. The fourth-order valence-electron chi connectivity index (χ4n) is 3.81. The van der Waals surface area contributed by atoms with Gasteiger partial charge in [0.25, 0.3) is 0 Å². The summed E-state index contributed by atoms with van der Waals surface area (Å²) in [4.78, 5) is 23.0. The summed E-state index contributed by atoms with van der Waals surface area (Å²) >= 11 is 0. The molecule has 0 spiro atoms. The van der Waals surface area contributed by atoms with Gasteiger partial charge in [0.1, 0.15) is 17.0 Å². The van der Waals surface area contributed by atoms with Gasteiger partial charge in [-0.05, 0) is 38.7 Å². The van der Waals surface area contributed by atoms with Gasteiger partial charge in [-0.2, -0.15) is 0 Å². The smallest absolute Gasteiger partial charge is 0.404 e. The van der Waals surface area contributed by atoms with E-state index in [9.17, 15) is 4.79 Å². The first-order valence-corrected chi connectivity index (χ1v) is 7.93. The molecule has 0 unspecified atom stereocenters. The van der Waals surface area contributed by atoms with Crippen molar-refractivity contribution in [3.63, 3.8) is 0 Å². The van der Waals surface area contributed by atoms with E-state index >= 15 is 0 Å². The molecule has 1 saturated carbocycles. The van der Waals surface area contributed by atoms with Crippen molar-refractivity contribution < 1.29 is 9.90 Å². The standard InChI is InChI=1S/C16H19N5O2/c1-9-19-13-8-18-15-12(6-7-17-15)14(13)21(9)11-4-2-10(3-5-11)20-16(22)23/h6-8,10-11,20H,2-5H2,1H3,(H,17,18)(H,22,23). The number of H-pyrrole nitrogens is 1. The minimum Gasteiger partial charge on any atom is -0.465 e. The Morgan fingerprint density at radius 1 is 1.39 bits per heavy atom. The summed E-state index contributed by atoms with van der Waals surface area (Å²) < 4.78 is 2.31. The predicted molar refractivity (Wildman–Crippen MR) is 86.6 cm³/mol. The number of rotatable bonds is 2. The van der Waals surface area contributed by atoms with Crippen LogP contribution in [0.4, 0.5) is 4.79 Å². The van der Waals surface area contributed by atoms with E-state index in [-0.39, 0.29) is 6.04 Å². The first kappa shape index (κ1) is 14.0. The Labute approximate surface area is 132 Å². The van der Waals surface area contributed by atoms with Gasteiger partial charge < -0.3 is 20.0 Å². The Hall–Kier alpha value is -2.57. The molecule has 4 rings (SSSR count). The Balaban J connectivity index is 1.70. The van der Waals surface area contributed by atoms with Crippen LogP contribution in [-0.2, 0) is 0 Å².